The van der Waals surface area contributed by atoms with E-state index in [-0.39, 0.29) is 12.3 Å². The lowest BCUT2D eigenvalue weighted by Gasteiger charge is -2.15. The Hall–Kier alpha value is -1.04. The van der Waals surface area contributed by atoms with Crippen LogP contribution in [0.3, 0.4) is 0 Å². The average molecular weight is 243 g/mol. The van der Waals surface area contributed by atoms with Crippen molar-refractivity contribution in [3.8, 4) is 0 Å². The van der Waals surface area contributed by atoms with Crippen LogP contribution >= 0.6 is 0 Å². The van der Waals surface area contributed by atoms with Crippen LogP contribution in [0.15, 0.2) is 18.2 Å². The quantitative estimate of drug-likeness (QED) is 0.873. The molecular formula is C12H15F2NO2. The number of halogens is 2. The molecule has 0 saturated carbocycles. The molecule has 2 rings (SSSR count). The zero-order valence-electron chi connectivity index (χ0n) is 9.36. The summed E-state index contributed by atoms with van der Waals surface area (Å²) in [5.41, 5.74) is 6.57. The lowest BCUT2D eigenvalue weighted by molar-refractivity contribution is -0.0504. The van der Waals surface area contributed by atoms with Crippen molar-refractivity contribution in [3.63, 3.8) is 0 Å². The maximum Gasteiger partial charge on any atom is 0.159 e. The van der Waals surface area contributed by atoms with Gasteiger partial charge in [0.25, 0.3) is 0 Å². The second-order valence-corrected chi connectivity index (χ2v) is 4.12. The number of ether oxygens (including phenoxy) is 2. The molecule has 1 unspecified atom stereocenters. The Morgan fingerprint density at radius 2 is 1.94 bits per heavy atom. The van der Waals surface area contributed by atoms with Gasteiger partial charge in [-0.25, -0.2) is 8.78 Å². The van der Waals surface area contributed by atoms with Crippen molar-refractivity contribution in [1.29, 1.82) is 0 Å². The van der Waals surface area contributed by atoms with E-state index in [1.165, 1.54) is 12.1 Å². The van der Waals surface area contributed by atoms with E-state index < -0.39 is 11.6 Å². The van der Waals surface area contributed by atoms with Crippen molar-refractivity contribution in [1.82, 2.24) is 0 Å². The first kappa shape index (κ1) is 12.4. The Balaban J connectivity index is 1.88. The van der Waals surface area contributed by atoms with Crippen molar-refractivity contribution < 1.29 is 18.3 Å². The zero-order chi connectivity index (χ0) is 12.3. The van der Waals surface area contributed by atoms with Crippen LogP contribution in [-0.4, -0.2) is 25.5 Å². The molecule has 5 heteroatoms. The van der Waals surface area contributed by atoms with Crippen LogP contribution in [0.5, 0.6) is 0 Å². The molecule has 0 radical (unpaired) electrons. The van der Waals surface area contributed by atoms with Crippen molar-refractivity contribution in [3.05, 3.63) is 35.4 Å². The third kappa shape index (κ3) is 3.46. The molecule has 17 heavy (non-hydrogen) atoms. The highest BCUT2D eigenvalue weighted by Crippen LogP contribution is 2.14. The van der Waals surface area contributed by atoms with Crippen LogP contribution in [0.25, 0.3) is 0 Å². The van der Waals surface area contributed by atoms with Gasteiger partial charge in [-0.3, -0.25) is 0 Å². The highest BCUT2D eigenvalue weighted by molar-refractivity contribution is 5.18. The number of benzene rings is 1. The molecule has 0 spiro atoms. The molecule has 1 fully saturated rings. The van der Waals surface area contributed by atoms with Gasteiger partial charge in [0, 0.05) is 12.5 Å². The van der Waals surface area contributed by atoms with Gasteiger partial charge in [0.05, 0.1) is 13.2 Å². The van der Waals surface area contributed by atoms with Crippen molar-refractivity contribution in [2.45, 2.75) is 25.2 Å². The van der Waals surface area contributed by atoms with E-state index in [2.05, 4.69) is 0 Å². The molecule has 1 heterocycles. The lowest BCUT2D eigenvalue weighted by Crippen LogP contribution is -2.28. The Labute approximate surface area is 98.5 Å². The molecule has 1 aromatic rings. The zero-order valence-corrected chi connectivity index (χ0v) is 9.36. The first-order valence-electron chi connectivity index (χ1n) is 5.58. The van der Waals surface area contributed by atoms with Gasteiger partial charge in [-0.05, 0) is 24.1 Å². The van der Waals surface area contributed by atoms with Crippen LogP contribution in [0, 0.1) is 11.6 Å². The van der Waals surface area contributed by atoms with Crippen LogP contribution in [0.1, 0.15) is 12.0 Å². The third-order valence-corrected chi connectivity index (χ3v) is 2.67. The number of rotatable bonds is 4. The summed E-state index contributed by atoms with van der Waals surface area (Å²) in [6.45, 7) is 1.17. The Bertz CT molecular complexity index is 381. The second-order valence-electron chi connectivity index (χ2n) is 4.12. The molecule has 0 bridgehead atoms. The van der Waals surface area contributed by atoms with Gasteiger partial charge in [-0.2, -0.15) is 0 Å². The van der Waals surface area contributed by atoms with Crippen molar-refractivity contribution >= 4 is 0 Å². The van der Waals surface area contributed by atoms with Gasteiger partial charge in [-0.1, -0.05) is 6.07 Å². The van der Waals surface area contributed by atoms with Crippen LogP contribution < -0.4 is 5.73 Å². The molecule has 3 nitrogen and oxygen atoms in total. The highest BCUT2D eigenvalue weighted by atomic mass is 19.2. The van der Waals surface area contributed by atoms with Gasteiger partial charge < -0.3 is 15.2 Å². The second kappa shape index (κ2) is 5.53. The van der Waals surface area contributed by atoms with Crippen LogP contribution in [0.4, 0.5) is 8.78 Å². The molecule has 0 aromatic heterocycles. The Morgan fingerprint density at radius 1 is 1.24 bits per heavy atom. The largest absolute Gasteiger partial charge is 0.350 e. The molecular weight excluding hydrogens is 228 g/mol. The van der Waals surface area contributed by atoms with Gasteiger partial charge in [0.2, 0.25) is 0 Å². The van der Waals surface area contributed by atoms with E-state index in [1.54, 1.807) is 0 Å². The monoisotopic (exact) mass is 243 g/mol. The first-order chi connectivity index (χ1) is 8.15. The van der Waals surface area contributed by atoms with Gasteiger partial charge in [0.1, 0.15) is 0 Å². The minimum absolute atomic E-state index is 0.192. The maximum absolute atomic E-state index is 13.0. The fourth-order valence-electron chi connectivity index (χ4n) is 1.84. The molecule has 1 aliphatic rings. The van der Waals surface area contributed by atoms with E-state index in [0.717, 1.165) is 6.07 Å². The predicted octanol–water partition coefficient (Wildman–Crippen LogP) is 1.60. The lowest BCUT2D eigenvalue weighted by atomic mass is 10.0. The summed E-state index contributed by atoms with van der Waals surface area (Å²) in [5.74, 6) is -1.69. The summed E-state index contributed by atoms with van der Waals surface area (Å²) in [6, 6.07) is 3.63. The molecule has 0 amide bonds. The van der Waals surface area contributed by atoms with Crippen LogP contribution in [0.2, 0.25) is 0 Å². The molecule has 94 valence electrons. The van der Waals surface area contributed by atoms with E-state index >= 15 is 0 Å². The molecule has 1 aliphatic heterocycles. The normalized spacial score (nSPS) is 18.5. The molecule has 0 aliphatic carbocycles. The van der Waals surface area contributed by atoms with Gasteiger partial charge in [-0.15, -0.1) is 0 Å². The maximum atomic E-state index is 13.0. The number of nitrogens with two attached hydrogens (primary N) is 1. The molecule has 1 aromatic carbocycles. The fraction of sp³-hybridized carbons (Fsp3) is 0.500. The molecule has 1 atom stereocenters. The van der Waals surface area contributed by atoms with E-state index in [0.29, 0.717) is 31.6 Å². The third-order valence-electron chi connectivity index (χ3n) is 2.67. The summed E-state index contributed by atoms with van der Waals surface area (Å²) in [7, 11) is 0. The summed E-state index contributed by atoms with van der Waals surface area (Å²) < 4.78 is 36.2. The smallest absolute Gasteiger partial charge is 0.159 e. The van der Waals surface area contributed by atoms with Gasteiger partial charge in [0.15, 0.2) is 17.9 Å². The summed E-state index contributed by atoms with van der Waals surface area (Å²) in [4.78, 5) is 0. The topological polar surface area (TPSA) is 44.5 Å². The SMILES string of the molecule is NC(Cc1ccc(F)c(F)c1)CC1OCCO1. The Kier molecular flexibility index (Phi) is 4.04. The minimum atomic E-state index is -0.844. The number of hydrogen-bond donors (Lipinski definition) is 1. The fourth-order valence-corrected chi connectivity index (χ4v) is 1.84. The standard InChI is InChI=1S/C12H15F2NO2/c13-10-2-1-8(6-11(10)14)5-9(15)7-12-16-3-4-17-12/h1-2,6,9,12H,3-5,7,15H2. The number of hydrogen-bond acceptors (Lipinski definition) is 3. The average Bonchev–Trinajstić information content (AvgIpc) is 2.76. The van der Waals surface area contributed by atoms with E-state index in [4.69, 9.17) is 15.2 Å². The predicted molar refractivity (Wildman–Crippen MR) is 58.3 cm³/mol. The first-order valence-corrected chi connectivity index (χ1v) is 5.58. The van der Waals surface area contributed by atoms with Crippen molar-refractivity contribution in [2.24, 2.45) is 5.73 Å². The Morgan fingerprint density at radius 3 is 2.59 bits per heavy atom. The summed E-state index contributed by atoms with van der Waals surface area (Å²) >= 11 is 0. The van der Waals surface area contributed by atoms with Crippen molar-refractivity contribution in [2.75, 3.05) is 13.2 Å². The molecule has 2 N–H and O–H groups in total. The van der Waals surface area contributed by atoms with Gasteiger partial charge >= 0.3 is 0 Å². The van der Waals surface area contributed by atoms with E-state index in [9.17, 15) is 8.78 Å². The van der Waals surface area contributed by atoms with E-state index in [1.807, 2.05) is 0 Å². The summed E-state index contributed by atoms with van der Waals surface area (Å²) in [5, 5.41) is 0. The summed E-state index contributed by atoms with van der Waals surface area (Å²) in [6.07, 6.45) is 0.759. The highest BCUT2D eigenvalue weighted by Gasteiger charge is 2.19. The van der Waals surface area contributed by atoms with Crippen LogP contribution in [-0.2, 0) is 15.9 Å². The minimum Gasteiger partial charge on any atom is -0.350 e. The molecule has 1 saturated heterocycles.